The van der Waals surface area contributed by atoms with Crippen molar-refractivity contribution in [1.29, 1.82) is 0 Å². The van der Waals surface area contributed by atoms with Gasteiger partial charge in [-0.3, -0.25) is 14.9 Å². The molecule has 4 rings (SSSR count). The van der Waals surface area contributed by atoms with Crippen molar-refractivity contribution in [3.8, 4) is 0 Å². The van der Waals surface area contributed by atoms with Gasteiger partial charge in [0.25, 0.3) is 5.69 Å². The van der Waals surface area contributed by atoms with Crippen LogP contribution in [0.15, 0.2) is 42.5 Å². The molecular formula is C33H43FN4O6. The summed E-state index contributed by atoms with van der Waals surface area (Å²) in [6.45, 7) is 8.53. The van der Waals surface area contributed by atoms with Crippen molar-refractivity contribution in [1.82, 2.24) is 15.2 Å². The van der Waals surface area contributed by atoms with E-state index in [1.165, 1.54) is 19.2 Å². The van der Waals surface area contributed by atoms with Crippen molar-refractivity contribution in [2.45, 2.75) is 90.1 Å². The van der Waals surface area contributed by atoms with Crippen molar-refractivity contribution in [2.24, 2.45) is 0 Å². The predicted molar refractivity (Wildman–Crippen MR) is 166 cm³/mol. The Morgan fingerprint density at radius 2 is 1.93 bits per heavy atom. The van der Waals surface area contributed by atoms with Gasteiger partial charge in [0.15, 0.2) is 6.36 Å². The number of para-hydroxylation sites is 1. The third kappa shape index (κ3) is 8.56. The smallest absolute Gasteiger partial charge is 0.407 e. The van der Waals surface area contributed by atoms with Crippen molar-refractivity contribution < 1.29 is 28.4 Å². The van der Waals surface area contributed by atoms with Crippen LogP contribution in [0.2, 0.25) is 0 Å². The van der Waals surface area contributed by atoms with Crippen LogP contribution in [0, 0.1) is 17.0 Å². The molecule has 44 heavy (non-hydrogen) atoms. The van der Waals surface area contributed by atoms with Crippen LogP contribution < -0.4 is 5.32 Å². The number of piperidine rings is 1. The summed E-state index contributed by atoms with van der Waals surface area (Å²) in [5.41, 5.74) is 4.27. The molecule has 3 unspecified atom stereocenters. The molecule has 2 N–H and O–H groups in total. The van der Waals surface area contributed by atoms with E-state index in [2.05, 4.69) is 23.3 Å². The van der Waals surface area contributed by atoms with Crippen LogP contribution in [0.5, 0.6) is 0 Å². The summed E-state index contributed by atoms with van der Waals surface area (Å²) < 4.78 is 24.0. The summed E-state index contributed by atoms with van der Waals surface area (Å²) in [5.74, 6) is 0.0217. The van der Waals surface area contributed by atoms with Crippen LogP contribution in [0.1, 0.15) is 74.8 Å². The molecule has 3 atom stereocenters. The van der Waals surface area contributed by atoms with Crippen molar-refractivity contribution >= 4 is 28.6 Å². The normalized spacial score (nSPS) is 16.9. The van der Waals surface area contributed by atoms with E-state index in [0.29, 0.717) is 25.9 Å². The van der Waals surface area contributed by atoms with Gasteiger partial charge in [0.2, 0.25) is 5.91 Å². The molecule has 238 valence electrons. The van der Waals surface area contributed by atoms with Gasteiger partial charge in [0, 0.05) is 73.7 Å². The Hall–Kier alpha value is -3.99. The van der Waals surface area contributed by atoms with Gasteiger partial charge in [-0.05, 0) is 70.1 Å². The molecule has 2 aromatic carbocycles. The summed E-state index contributed by atoms with van der Waals surface area (Å²) in [4.78, 5) is 42.4. The Bertz CT molecular complexity index is 1470. The Kier molecular flexibility index (Phi) is 10.6. The number of nitro benzene ring substituents is 1. The maximum Gasteiger partial charge on any atom is 0.407 e. The fourth-order valence-electron chi connectivity index (χ4n) is 5.90. The number of amides is 2. The molecule has 0 spiro atoms. The van der Waals surface area contributed by atoms with Gasteiger partial charge < -0.3 is 24.7 Å². The molecule has 1 fully saturated rings. The molecule has 2 amide bonds. The van der Waals surface area contributed by atoms with Crippen LogP contribution in [-0.2, 0) is 27.1 Å². The van der Waals surface area contributed by atoms with Gasteiger partial charge in [-0.1, -0.05) is 30.3 Å². The SMILES string of the molecule is COC(F)CCc1cccc2c(C)c(C3CCCN(C(=O)CC(Cc4ccc([N+](=O)[O-])cc4)NC(=O)OC(C)(C)C)C3)[nH]c12. The number of carbonyl (C=O) groups is 2. The first kappa shape index (κ1) is 32.9. The molecule has 0 radical (unpaired) electrons. The quantitative estimate of drug-likeness (QED) is 0.189. The minimum absolute atomic E-state index is 0.0261. The van der Waals surface area contributed by atoms with E-state index in [9.17, 15) is 24.1 Å². The summed E-state index contributed by atoms with van der Waals surface area (Å²) >= 11 is 0. The number of hydrogen-bond acceptors (Lipinski definition) is 6. The number of ether oxygens (including phenoxy) is 2. The highest BCUT2D eigenvalue weighted by Crippen LogP contribution is 2.34. The maximum absolute atomic E-state index is 13.8. The number of likely N-dealkylation sites (tertiary alicyclic amines) is 1. The maximum atomic E-state index is 13.8. The van der Waals surface area contributed by atoms with Gasteiger partial charge >= 0.3 is 6.09 Å². The van der Waals surface area contributed by atoms with Crippen molar-refractivity contribution in [2.75, 3.05) is 20.2 Å². The number of carbonyl (C=O) groups excluding carboxylic acids is 2. The number of aromatic amines is 1. The van der Waals surface area contributed by atoms with E-state index >= 15 is 0 Å². The Morgan fingerprint density at radius 3 is 2.59 bits per heavy atom. The van der Waals surface area contributed by atoms with Crippen LogP contribution >= 0.6 is 0 Å². The number of nitro groups is 1. The van der Waals surface area contributed by atoms with Gasteiger partial charge in [0.05, 0.1) is 4.92 Å². The zero-order valence-electron chi connectivity index (χ0n) is 26.2. The molecule has 1 saturated heterocycles. The number of nitrogens with zero attached hydrogens (tertiary/aromatic N) is 2. The summed E-state index contributed by atoms with van der Waals surface area (Å²) in [5, 5.41) is 15.0. The number of aromatic nitrogens is 1. The number of aryl methyl sites for hydroxylation is 2. The number of nitrogens with one attached hydrogen (secondary N) is 2. The Morgan fingerprint density at radius 1 is 1.20 bits per heavy atom. The lowest BCUT2D eigenvalue weighted by atomic mass is 9.91. The summed E-state index contributed by atoms with van der Waals surface area (Å²) in [6, 6.07) is 11.6. The number of fused-ring (bicyclic) bond motifs is 1. The fraction of sp³-hybridized carbons (Fsp3) is 0.515. The highest BCUT2D eigenvalue weighted by atomic mass is 19.1. The number of halogens is 1. The predicted octanol–water partition coefficient (Wildman–Crippen LogP) is 6.49. The second-order valence-electron chi connectivity index (χ2n) is 12.5. The second kappa shape index (κ2) is 14.2. The molecule has 0 aliphatic carbocycles. The number of methoxy groups -OCH3 is 1. The molecule has 2 heterocycles. The van der Waals surface area contributed by atoms with Gasteiger partial charge in [-0.2, -0.15) is 0 Å². The van der Waals surface area contributed by atoms with Gasteiger partial charge in [-0.25, -0.2) is 9.18 Å². The Labute approximate surface area is 257 Å². The highest BCUT2D eigenvalue weighted by Gasteiger charge is 2.30. The zero-order chi connectivity index (χ0) is 32.0. The van der Waals surface area contributed by atoms with E-state index < -0.39 is 29.0 Å². The first-order valence-corrected chi connectivity index (χ1v) is 15.1. The largest absolute Gasteiger partial charge is 0.444 e. The molecule has 0 saturated carbocycles. The molecule has 1 aliphatic rings. The van der Waals surface area contributed by atoms with E-state index in [1.807, 2.05) is 17.0 Å². The van der Waals surface area contributed by atoms with Crippen LogP contribution in [0.25, 0.3) is 10.9 Å². The minimum atomic E-state index is -1.31. The van der Waals surface area contributed by atoms with E-state index in [0.717, 1.165) is 46.1 Å². The first-order chi connectivity index (χ1) is 20.8. The number of non-ortho nitro benzene ring substituents is 1. The lowest BCUT2D eigenvalue weighted by molar-refractivity contribution is -0.384. The molecule has 3 aromatic rings. The minimum Gasteiger partial charge on any atom is -0.444 e. The number of alkyl halides is 1. The molecule has 0 bridgehead atoms. The number of alkyl carbamates (subject to hydrolysis) is 1. The van der Waals surface area contributed by atoms with Crippen LogP contribution in [0.3, 0.4) is 0 Å². The van der Waals surface area contributed by atoms with Gasteiger partial charge in [-0.15, -0.1) is 0 Å². The molecule has 10 nitrogen and oxygen atoms in total. The van der Waals surface area contributed by atoms with Gasteiger partial charge in [0.1, 0.15) is 5.60 Å². The molecule has 1 aliphatic heterocycles. The molecular weight excluding hydrogens is 567 g/mol. The van der Waals surface area contributed by atoms with E-state index in [4.69, 9.17) is 9.47 Å². The second-order valence-corrected chi connectivity index (χ2v) is 12.5. The van der Waals surface area contributed by atoms with Crippen molar-refractivity contribution in [3.63, 3.8) is 0 Å². The number of benzene rings is 2. The molecule has 11 heteroatoms. The summed E-state index contributed by atoms with van der Waals surface area (Å²) in [6.07, 6.45) is 1.01. The zero-order valence-corrected chi connectivity index (χ0v) is 26.2. The van der Waals surface area contributed by atoms with E-state index in [1.54, 1.807) is 32.9 Å². The lowest BCUT2D eigenvalue weighted by Gasteiger charge is -2.34. The Balaban J connectivity index is 1.49. The monoisotopic (exact) mass is 610 g/mol. The third-order valence-corrected chi connectivity index (χ3v) is 8.07. The average Bonchev–Trinajstić information content (AvgIpc) is 3.32. The average molecular weight is 611 g/mol. The van der Waals surface area contributed by atoms with Crippen LogP contribution in [0.4, 0.5) is 14.9 Å². The topological polar surface area (TPSA) is 127 Å². The van der Waals surface area contributed by atoms with Crippen LogP contribution in [-0.4, -0.2) is 65.0 Å². The number of H-pyrrole nitrogens is 1. The fourth-order valence-corrected chi connectivity index (χ4v) is 5.90. The third-order valence-electron chi connectivity index (χ3n) is 8.07. The van der Waals surface area contributed by atoms with E-state index in [-0.39, 0.29) is 30.4 Å². The molecule has 1 aromatic heterocycles. The lowest BCUT2D eigenvalue weighted by Crippen LogP contribution is -2.45. The number of rotatable bonds is 11. The standard InChI is InChI=1S/C33H43FN4O6/c1-21-27-10-6-8-23(13-16-28(34)43-5)31(27)36-30(21)24-9-7-17-37(20-24)29(39)19-25(35-32(40)44-33(2,3)4)18-22-11-14-26(15-12-22)38(41)42/h6,8,10-12,14-15,24-25,28,36H,7,9,13,16-20H2,1-5H3,(H,35,40). The van der Waals surface area contributed by atoms with Crippen molar-refractivity contribution in [3.05, 3.63) is 75.0 Å². The highest BCUT2D eigenvalue weighted by molar-refractivity contribution is 5.87. The first-order valence-electron chi connectivity index (χ1n) is 15.1. The number of hydrogen-bond donors (Lipinski definition) is 2. The summed E-state index contributed by atoms with van der Waals surface area (Å²) in [7, 11) is 1.36.